The molecule has 1 aliphatic rings. The van der Waals surface area contributed by atoms with Crippen LogP contribution in [0.1, 0.15) is 28.9 Å². The summed E-state index contributed by atoms with van der Waals surface area (Å²) < 4.78 is 4.05. The fraction of sp³-hybridized carbons (Fsp3) is 0.571. The summed E-state index contributed by atoms with van der Waals surface area (Å²) in [7, 11) is 1.57. The molecular weight excluding hydrogens is 306 g/mol. The Morgan fingerprint density at radius 2 is 2.23 bits per heavy atom. The van der Waals surface area contributed by atoms with E-state index in [2.05, 4.69) is 4.37 Å². The Morgan fingerprint density at radius 3 is 2.82 bits per heavy atom. The second kappa shape index (κ2) is 6.87. The summed E-state index contributed by atoms with van der Waals surface area (Å²) in [4.78, 5) is 38.4. The van der Waals surface area contributed by atoms with E-state index in [1.807, 2.05) is 0 Å². The lowest BCUT2D eigenvalue weighted by Gasteiger charge is -2.32. The number of aryl methyl sites for hydroxylation is 1. The maximum atomic E-state index is 12.3. The lowest BCUT2D eigenvalue weighted by Crippen LogP contribution is -2.46. The van der Waals surface area contributed by atoms with Crippen molar-refractivity contribution in [1.29, 1.82) is 0 Å². The maximum Gasteiger partial charge on any atom is 0.308 e. The van der Waals surface area contributed by atoms with Crippen LogP contribution >= 0.6 is 11.5 Å². The molecular formula is C14H19N3O4S. The molecule has 1 aliphatic heterocycles. The number of likely N-dealkylation sites (N-methyl/N-ethyl adjacent to an activating group) is 1. The summed E-state index contributed by atoms with van der Waals surface area (Å²) in [5.41, 5.74) is 1.15. The summed E-state index contributed by atoms with van der Waals surface area (Å²) in [6.07, 6.45) is 1.27. The summed E-state index contributed by atoms with van der Waals surface area (Å²) in [5.74, 6) is -1.85. The molecule has 0 spiro atoms. The van der Waals surface area contributed by atoms with Gasteiger partial charge in [0.15, 0.2) is 0 Å². The molecule has 0 saturated carbocycles. The van der Waals surface area contributed by atoms with Crippen molar-refractivity contribution in [3.05, 3.63) is 16.6 Å². The van der Waals surface area contributed by atoms with Crippen LogP contribution in [0.2, 0.25) is 0 Å². The van der Waals surface area contributed by atoms with Crippen LogP contribution in [0.3, 0.4) is 0 Å². The predicted molar refractivity (Wildman–Crippen MR) is 80.8 cm³/mol. The minimum atomic E-state index is -0.873. The number of amides is 2. The first-order valence-electron chi connectivity index (χ1n) is 7.07. The summed E-state index contributed by atoms with van der Waals surface area (Å²) in [6, 6.07) is 0. The highest BCUT2D eigenvalue weighted by molar-refractivity contribution is 7.03. The standard InChI is InChI=1S/C14H19N3O4S/c1-9-11(8-22-15-9)13(19)16(2)7-12(18)17-5-3-4-10(6-17)14(20)21/h8,10H,3-7H2,1-2H3,(H,20,21)/t10-/m1/s1. The smallest absolute Gasteiger partial charge is 0.308 e. The van der Waals surface area contributed by atoms with E-state index in [1.165, 1.54) is 21.3 Å². The van der Waals surface area contributed by atoms with Crippen LogP contribution < -0.4 is 0 Å². The molecule has 0 unspecified atom stereocenters. The molecule has 22 heavy (non-hydrogen) atoms. The maximum absolute atomic E-state index is 12.3. The van der Waals surface area contributed by atoms with Gasteiger partial charge in [-0.25, -0.2) is 0 Å². The lowest BCUT2D eigenvalue weighted by atomic mass is 9.98. The summed E-state index contributed by atoms with van der Waals surface area (Å²) >= 11 is 1.20. The number of carbonyl (C=O) groups is 3. The normalized spacial score (nSPS) is 18.1. The molecule has 0 bridgehead atoms. The number of aromatic nitrogens is 1. The van der Waals surface area contributed by atoms with Crippen LogP contribution in [0.5, 0.6) is 0 Å². The third-order valence-corrected chi connectivity index (χ3v) is 4.54. The van der Waals surface area contributed by atoms with Crippen molar-refractivity contribution < 1.29 is 19.5 Å². The zero-order chi connectivity index (χ0) is 16.3. The first-order valence-corrected chi connectivity index (χ1v) is 7.90. The van der Waals surface area contributed by atoms with Crippen molar-refractivity contribution in [3.8, 4) is 0 Å². The topological polar surface area (TPSA) is 90.8 Å². The molecule has 1 atom stereocenters. The Labute approximate surface area is 132 Å². The Kier molecular flexibility index (Phi) is 5.12. The molecule has 7 nitrogen and oxygen atoms in total. The van der Waals surface area contributed by atoms with Gasteiger partial charge in [-0.15, -0.1) is 0 Å². The summed E-state index contributed by atoms with van der Waals surface area (Å²) in [5, 5.41) is 10.7. The van der Waals surface area contributed by atoms with Gasteiger partial charge in [0.2, 0.25) is 5.91 Å². The molecule has 0 radical (unpaired) electrons. The molecule has 2 rings (SSSR count). The number of aliphatic carboxylic acids is 1. The number of rotatable bonds is 4. The number of nitrogens with zero attached hydrogens (tertiary/aromatic N) is 3. The molecule has 1 N–H and O–H groups in total. The molecule has 120 valence electrons. The Balaban J connectivity index is 1.95. The second-order valence-electron chi connectivity index (χ2n) is 5.49. The van der Waals surface area contributed by atoms with E-state index >= 15 is 0 Å². The van der Waals surface area contributed by atoms with Crippen molar-refractivity contribution in [3.63, 3.8) is 0 Å². The monoisotopic (exact) mass is 325 g/mol. The Hall–Kier alpha value is -1.96. The number of likely N-dealkylation sites (tertiary alicyclic amines) is 1. The van der Waals surface area contributed by atoms with E-state index in [4.69, 9.17) is 5.11 Å². The Morgan fingerprint density at radius 1 is 1.50 bits per heavy atom. The highest BCUT2D eigenvalue weighted by atomic mass is 32.1. The number of hydrogen-bond donors (Lipinski definition) is 1. The Bertz CT molecular complexity index is 586. The largest absolute Gasteiger partial charge is 0.481 e. The van der Waals surface area contributed by atoms with Crippen molar-refractivity contribution in [2.24, 2.45) is 5.92 Å². The zero-order valence-corrected chi connectivity index (χ0v) is 13.4. The average Bonchev–Trinajstić information content (AvgIpc) is 2.92. The third-order valence-electron chi connectivity index (χ3n) is 3.82. The van der Waals surface area contributed by atoms with Crippen molar-refractivity contribution in [2.45, 2.75) is 19.8 Å². The highest BCUT2D eigenvalue weighted by Crippen LogP contribution is 2.17. The molecule has 1 aromatic heterocycles. The number of carboxylic acids is 1. The number of piperidine rings is 1. The van der Waals surface area contributed by atoms with Crippen LogP contribution in [0.25, 0.3) is 0 Å². The third kappa shape index (κ3) is 3.62. The number of hydrogen-bond acceptors (Lipinski definition) is 5. The van der Waals surface area contributed by atoms with E-state index in [1.54, 1.807) is 19.4 Å². The molecule has 1 aromatic rings. The van der Waals surface area contributed by atoms with Gasteiger partial charge in [-0.1, -0.05) is 0 Å². The molecule has 0 aliphatic carbocycles. The van der Waals surface area contributed by atoms with Crippen LogP contribution in [-0.2, 0) is 9.59 Å². The van der Waals surface area contributed by atoms with Gasteiger partial charge in [-0.3, -0.25) is 14.4 Å². The summed E-state index contributed by atoms with van der Waals surface area (Å²) in [6.45, 7) is 2.46. The first-order chi connectivity index (χ1) is 10.4. The molecule has 0 aromatic carbocycles. The van der Waals surface area contributed by atoms with Gasteiger partial charge >= 0.3 is 5.97 Å². The minimum Gasteiger partial charge on any atom is -0.481 e. The van der Waals surface area contributed by atoms with Gasteiger partial charge < -0.3 is 14.9 Å². The van der Waals surface area contributed by atoms with Crippen LogP contribution in [0, 0.1) is 12.8 Å². The van der Waals surface area contributed by atoms with E-state index in [0.717, 1.165) is 0 Å². The van der Waals surface area contributed by atoms with Gasteiger partial charge in [-0.05, 0) is 31.3 Å². The first kappa shape index (κ1) is 16.4. The van der Waals surface area contributed by atoms with Crippen LogP contribution in [0.4, 0.5) is 0 Å². The van der Waals surface area contributed by atoms with Crippen LogP contribution in [0.15, 0.2) is 5.38 Å². The van der Waals surface area contributed by atoms with Gasteiger partial charge in [0, 0.05) is 25.5 Å². The average molecular weight is 325 g/mol. The molecule has 1 fully saturated rings. The quantitative estimate of drug-likeness (QED) is 0.886. The van der Waals surface area contributed by atoms with Crippen LogP contribution in [-0.4, -0.2) is 63.7 Å². The zero-order valence-electron chi connectivity index (χ0n) is 12.6. The van der Waals surface area contributed by atoms with Crippen molar-refractivity contribution in [1.82, 2.24) is 14.2 Å². The van der Waals surface area contributed by atoms with E-state index in [-0.39, 0.29) is 24.9 Å². The molecule has 1 saturated heterocycles. The second-order valence-corrected chi connectivity index (χ2v) is 6.12. The predicted octanol–water partition coefficient (Wildman–Crippen LogP) is 0.847. The molecule has 2 heterocycles. The van der Waals surface area contributed by atoms with Gasteiger partial charge in [0.25, 0.3) is 5.91 Å². The molecule has 2 amide bonds. The van der Waals surface area contributed by atoms with Crippen molar-refractivity contribution in [2.75, 3.05) is 26.7 Å². The SMILES string of the molecule is Cc1nscc1C(=O)N(C)CC(=O)N1CCC[C@@H](C(=O)O)C1. The fourth-order valence-electron chi connectivity index (χ4n) is 2.48. The lowest BCUT2D eigenvalue weighted by molar-refractivity contribution is -0.145. The van der Waals surface area contributed by atoms with Crippen molar-refractivity contribution >= 4 is 29.3 Å². The number of carboxylic acid groups (broad SMARTS) is 1. The van der Waals surface area contributed by atoms with E-state index in [9.17, 15) is 14.4 Å². The number of carbonyl (C=O) groups excluding carboxylic acids is 2. The highest BCUT2D eigenvalue weighted by Gasteiger charge is 2.29. The minimum absolute atomic E-state index is 0.0551. The van der Waals surface area contributed by atoms with E-state index in [0.29, 0.717) is 30.6 Å². The van der Waals surface area contributed by atoms with Gasteiger partial charge in [0.1, 0.15) is 0 Å². The molecule has 8 heteroatoms. The van der Waals surface area contributed by atoms with E-state index < -0.39 is 11.9 Å². The van der Waals surface area contributed by atoms with Gasteiger partial charge in [-0.2, -0.15) is 4.37 Å². The fourth-order valence-corrected chi connectivity index (χ4v) is 3.17. The van der Waals surface area contributed by atoms with Gasteiger partial charge in [0.05, 0.1) is 23.7 Å².